The highest BCUT2D eigenvalue weighted by atomic mass is 32.1. The lowest BCUT2D eigenvalue weighted by Gasteiger charge is -2.43. The summed E-state index contributed by atoms with van der Waals surface area (Å²) in [7, 11) is 0. The predicted octanol–water partition coefficient (Wildman–Crippen LogP) is 19.1. The van der Waals surface area contributed by atoms with Gasteiger partial charge in [0.05, 0.1) is 11.2 Å². The number of rotatable bonds is 7. The molecule has 376 valence electrons. The Morgan fingerprint density at radius 2 is 0.850 bits per heavy atom. The molecular formula is C76H53BN2S. The molecular weight excluding hydrogens is 984 g/mol. The van der Waals surface area contributed by atoms with E-state index in [0.717, 1.165) is 5.69 Å². The molecule has 2 aromatic heterocycles. The molecule has 0 amide bonds. The molecule has 0 unspecified atom stereocenters. The number of fused-ring (bicyclic) bond motifs is 10. The van der Waals surface area contributed by atoms with Gasteiger partial charge in [-0.05, 0) is 144 Å². The highest BCUT2D eigenvalue weighted by Gasteiger charge is 2.44. The molecule has 16 rings (SSSR count). The van der Waals surface area contributed by atoms with E-state index in [0.29, 0.717) is 0 Å². The van der Waals surface area contributed by atoms with E-state index in [2.05, 4.69) is 297 Å². The number of hydrogen-bond acceptors (Lipinski definition) is 2. The van der Waals surface area contributed by atoms with Gasteiger partial charge in [0.25, 0.3) is 6.71 Å². The fourth-order valence-corrected chi connectivity index (χ4v) is 14.4. The lowest BCUT2D eigenvalue weighted by Crippen LogP contribution is -2.60. The van der Waals surface area contributed by atoms with Gasteiger partial charge in [0.15, 0.2) is 0 Å². The fourth-order valence-electron chi connectivity index (χ4n) is 13.3. The average Bonchev–Trinajstić information content (AvgIpc) is 3.50. The van der Waals surface area contributed by atoms with Crippen LogP contribution in [0.3, 0.4) is 0 Å². The summed E-state index contributed by atoms with van der Waals surface area (Å²) in [4.78, 5) is 2.71. The molecule has 12 aromatic carbocycles. The van der Waals surface area contributed by atoms with Crippen molar-refractivity contribution in [1.29, 1.82) is 0 Å². The third kappa shape index (κ3) is 7.33. The molecule has 2 nitrogen and oxygen atoms in total. The summed E-state index contributed by atoms with van der Waals surface area (Å²) in [5.74, 6) is 0. The van der Waals surface area contributed by atoms with Crippen molar-refractivity contribution >= 4 is 93.5 Å². The van der Waals surface area contributed by atoms with Crippen LogP contribution in [-0.2, 0) is 5.41 Å². The standard InChI is InChI=1S/C76H53BN2S/c1-76(2,3)58-44-69-73-70(45-58)79(74-59(55-31-18-29-52(39-55)48-21-8-4-9-22-48)34-20-35-60(74)56-32-19-30-53(40-56)49-23-10-5-11-24-49)68-46-63-61-33-16-17-36-71(61)80-72(63)47-65(68)77(73)66-43-57(51-27-14-7-15-28-51)42-64-62-41-54(50-25-12-6-13-26-50)37-38-67(62)78(69)75(64)66/h4-47H,1-3H3. The van der Waals surface area contributed by atoms with Crippen LogP contribution in [0, 0.1) is 0 Å². The van der Waals surface area contributed by atoms with Gasteiger partial charge >= 0.3 is 0 Å². The number of nitrogens with zero attached hydrogens (tertiary/aromatic N) is 2. The molecule has 0 spiro atoms. The first kappa shape index (κ1) is 46.6. The molecule has 2 aliphatic rings. The van der Waals surface area contributed by atoms with Crippen molar-refractivity contribution in [3.63, 3.8) is 0 Å². The van der Waals surface area contributed by atoms with Gasteiger partial charge < -0.3 is 9.47 Å². The van der Waals surface area contributed by atoms with Gasteiger partial charge in [-0.2, -0.15) is 0 Å². The van der Waals surface area contributed by atoms with Crippen molar-refractivity contribution in [3.8, 4) is 72.4 Å². The summed E-state index contributed by atoms with van der Waals surface area (Å²) in [6, 6.07) is 100. The first-order valence-electron chi connectivity index (χ1n) is 27.9. The van der Waals surface area contributed by atoms with E-state index in [4.69, 9.17) is 0 Å². The van der Waals surface area contributed by atoms with Crippen LogP contribution in [-0.4, -0.2) is 11.3 Å². The smallest absolute Gasteiger partial charge is 0.252 e. The van der Waals surface area contributed by atoms with Crippen molar-refractivity contribution in [3.05, 3.63) is 272 Å². The Hall–Kier alpha value is -9.48. The van der Waals surface area contributed by atoms with E-state index < -0.39 is 0 Å². The Balaban J connectivity index is 1.07. The Morgan fingerprint density at radius 3 is 1.46 bits per heavy atom. The Kier molecular flexibility index (Phi) is 10.5. The summed E-state index contributed by atoms with van der Waals surface area (Å²) in [5.41, 5.74) is 26.7. The van der Waals surface area contributed by atoms with Crippen molar-refractivity contribution in [2.75, 3.05) is 4.90 Å². The van der Waals surface area contributed by atoms with Crippen LogP contribution in [0.15, 0.2) is 267 Å². The zero-order valence-corrected chi connectivity index (χ0v) is 45.6. The summed E-state index contributed by atoms with van der Waals surface area (Å²) in [6.07, 6.45) is 0. The van der Waals surface area contributed by atoms with Gasteiger partial charge in [-0.3, -0.25) is 0 Å². The molecule has 4 heterocycles. The lowest BCUT2D eigenvalue weighted by atomic mass is 9.33. The maximum atomic E-state index is 2.71. The van der Waals surface area contributed by atoms with E-state index in [-0.39, 0.29) is 12.1 Å². The minimum Gasteiger partial charge on any atom is -0.310 e. The van der Waals surface area contributed by atoms with Gasteiger partial charge in [-0.1, -0.05) is 227 Å². The second-order valence-electron chi connectivity index (χ2n) is 22.8. The van der Waals surface area contributed by atoms with Gasteiger partial charge in [-0.15, -0.1) is 11.3 Å². The largest absolute Gasteiger partial charge is 0.310 e. The molecule has 0 aliphatic carbocycles. The molecule has 0 atom stereocenters. The van der Waals surface area contributed by atoms with Crippen molar-refractivity contribution in [2.24, 2.45) is 0 Å². The predicted molar refractivity (Wildman–Crippen MR) is 344 cm³/mol. The Labute approximate surface area is 471 Å². The van der Waals surface area contributed by atoms with E-state index in [1.165, 1.54) is 148 Å². The van der Waals surface area contributed by atoms with Crippen molar-refractivity contribution < 1.29 is 0 Å². The van der Waals surface area contributed by atoms with E-state index in [1.54, 1.807) is 0 Å². The number of para-hydroxylation sites is 1. The van der Waals surface area contributed by atoms with Crippen LogP contribution in [0.5, 0.6) is 0 Å². The third-order valence-electron chi connectivity index (χ3n) is 17.1. The quantitative estimate of drug-likeness (QED) is 0.144. The molecule has 2 aliphatic heterocycles. The highest BCUT2D eigenvalue weighted by molar-refractivity contribution is 7.26. The van der Waals surface area contributed by atoms with Crippen LogP contribution in [0.1, 0.15) is 26.3 Å². The summed E-state index contributed by atoms with van der Waals surface area (Å²) >= 11 is 1.91. The molecule has 4 heteroatoms. The van der Waals surface area contributed by atoms with E-state index in [9.17, 15) is 0 Å². The number of aromatic nitrogens is 1. The van der Waals surface area contributed by atoms with Crippen molar-refractivity contribution in [1.82, 2.24) is 4.57 Å². The van der Waals surface area contributed by atoms with Crippen LogP contribution < -0.4 is 21.3 Å². The third-order valence-corrected chi connectivity index (χ3v) is 18.2. The zero-order chi connectivity index (χ0) is 53.2. The zero-order valence-electron chi connectivity index (χ0n) is 44.8. The summed E-state index contributed by atoms with van der Waals surface area (Å²) in [5, 5.41) is 5.10. The Bertz CT molecular complexity index is 4700. The van der Waals surface area contributed by atoms with Gasteiger partial charge in [0.2, 0.25) is 0 Å². The normalized spacial score (nSPS) is 12.6. The number of thiophene rings is 1. The van der Waals surface area contributed by atoms with Crippen molar-refractivity contribution in [2.45, 2.75) is 26.2 Å². The fraction of sp³-hybridized carbons (Fsp3) is 0.0526. The topological polar surface area (TPSA) is 8.17 Å². The van der Waals surface area contributed by atoms with Crippen LogP contribution in [0.25, 0.3) is 114 Å². The lowest BCUT2D eigenvalue weighted by molar-refractivity contribution is 0.590. The maximum absolute atomic E-state index is 2.71. The van der Waals surface area contributed by atoms with E-state index >= 15 is 0 Å². The molecule has 0 saturated carbocycles. The van der Waals surface area contributed by atoms with Gasteiger partial charge in [0.1, 0.15) is 0 Å². The molecule has 0 bridgehead atoms. The van der Waals surface area contributed by atoms with Gasteiger partial charge in [-0.25, -0.2) is 0 Å². The minimum absolute atomic E-state index is 0.0927. The molecule has 80 heavy (non-hydrogen) atoms. The molecule has 0 fully saturated rings. The maximum Gasteiger partial charge on any atom is 0.252 e. The van der Waals surface area contributed by atoms with E-state index in [1.807, 2.05) is 11.3 Å². The molecule has 0 N–H and O–H groups in total. The van der Waals surface area contributed by atoms with Gasteiger partial charge in [0, 0.05) is 64.7 Å². The van der Waals surface area contributed by atoms with Crippen LogP contribution >= 0.6 is 11.3 Å². The monoisotopic (exact) mass is 1040 g/mol. The second kappa shape index (κ2) is 18.0. The van der Waals surface area contributed by atoms with Crippen LogP contribution in [0.4, 0.5) is 17.1 Å². The highest BCUT2D eigenvalue weighted by Crippen LogP contribution is 2.52. The number of hydrogen-bond donors (Lipinski definition) is 0. The number of anilines is 3. The molecule has 14 aromatic rings. The molecule has 0 radical (unpaired) electrons. The minimum atomic E-state index is -0.198. The summed E-state index contributed by atoms with van der Waals surface area (Å²) < 4.78 is 5.25. The SMILES string of the molecule is CC(C)(C)c1cc2c3c(c1)-n1c4ccc(-c5ccccc5)cc4c4cc(-c5ccccc5)cc(c41)B3c1cc3sc4ccccc4c3cc1N2c1c(-c2cccc(-c3ccccc3)c2)cccc1-c1cccc(-c2ccccc2)c1. The Morgan fingerprint density at radius 1 is 0.338 bits per heavy atom. The number of benzene rings is 12. The first-order valence-corrected chi connectivity index (χ1v) is 28.7. The average molecular weight is 1040 g/mol. The second-order valence-corrected chi connectivity index (χ2v) is 23.9. The first-order chi connectivity index (χ1) is 39.3. The molecule has 0 saturated heterocycles. The van der Waals surface area contributed by atoms with Crippen LogP contribution in [0.2, 0.25) is 0 Å². The summed E-state index contributed by atoms with van der Waals surface area (Å²) in [6.45, 7) is 7.04.